The number of hydrogen-bond acceptors (Lipinski definition) is 4. The van der Waals surface area contributed by atoms with Gasteiger partial charge in [-0.2, -0.15) is 0 Å². The van der Waals surface area contributed by atoms with Crippen LogP contribution in [0.25, 0.3) is 0 Å². The zero-order valence-corrected chi connectivity index (χ0v) is 12.0. The molecule has 0 saturated carbocycles. The van der Waals surface area contributed by atoms with E-state index in [9.17, 15) is 4.79 Å². The number of hydrogen-bond donors (Lipinski definition) is 2. The Balaban J connectivity index is 2.16. The summed E-state index contributed by atoms with van der Waals surface area (Å²) in [6, 6.07) is 3.27. The van der Waals surface area contributed by atoms with Crippen molar-refractivity contribution in [3.05, 3.63) is 22.8 Å². The number of nitrogen functional groups attached to an aromatic ring is 1. The van der Waals surface area contributed by atoms with Crippen LogP contribution in [0.3, 0.4) is 0 Å². The van der Waals surface area contributed by atoms with E-state index in [-0.39, 0.29) is 11.6 Å². The summed E-state index contributed by atoms with van der Waals surface area (Å²) in [4.78, 5) is 18.4. The fourth-order valence-electron chi connectivity index (χ4n) is 2.14. The Morgan fingerprint density at radius 1 is 1.42 bits per heavy atom. The molecule has 104 valence electrons. The quantitative estimate of drug-likeness (QED) is 0.645. The smallest absolute Gasteiger partial charge is 0.274 e. The van der Waals surface area contributed by atoms with Crippen molar-refractivity contribution in [2.24, 2.45) is 11.3 Å². The number of nitrogens with zero attached hydrogens (tertiary/aromatic N) is 2. The number of pyridine rings is 1. The van der Waals surface area contributed by atoms with Crippen molar-refractivity contribution >= 4 is 23.3 Å². The lowest BCUT2D eigenvalue weighted by molar-refractivity contribution is 0.0625. The van der Waals surface area contributed by atoms with Gasteiger partial charge in [-0.3, -0.25) is 4.79 Å². The van der Waals surface area contributed by atoms with Crippen LogP contribution in [0.1, 0.15) is 37.2 Å². The molecule has 1 amide bonds. The molecule has 6 heteroatoms. The summed E-state index contributed by atoms with van der Waals surface area (Å²) in [5.74, 6) is 5.61. The average molecular weight is 283 g/mol. The Hall–Kier alpha value is -1.33. The van der Waals surface area contributed by atoms with E-state index < -0.39 is 0 Å². The van der Waals surface area contributed by atoms with Crippen molar-refractivity contribution in [3.8, 4) is 0 Å². The highest BCUT2D eigenvalue weighted by Gasteiger charge is 2.29. The second-order valence-electron chi connectivity index (χ2n) is 5.63. The van der Waals surface area contributed by atoms with Crippen LogP contribution in [0.5, 0.6) is 0 Å². The lowest BCUT2D eigenvalue weighted by Crippen LogP contribution is -2.41. The zero-order valence-electron chi connectivity index (χ0n) is 11.2. The number of nitrogens with two attached hydrogens (primary N) is 1. The first-order valence-corrected chi connectivity index (χ1v) is 6.73. The number of carbonyl (C=O) groups is 1. The summed E-state index contributed by atoms with van der Waals surface area (Å²) in [5.41, 5.74) is 2.99. The van der Waals surface area contributed by atoms with Crippen LogP contribution < -0.4 is 11.3 Å². The fourth-order valence-corrected chi connectivity index (χ4v) is 2.32. The van der Waals surface area contributed by atoms with Crippen molar-refractivity contribution in [1.29, 1.82) is 0 Å². The third kappa shape index (κ3) is 3.16. The Kier molecular flexibility index (Phi) is 3.96. The summed E-state index contributed by atoms with van der Waals surface area (Å²) < 4.78 is 0. The molecule has 0 bridgehead atoms. The van der Waals surface area contributed by atoms with Crippen LogP contribution in [-0.4, -0.2) is 28.9 Å². The van der Waals surface area contributed by atoms with Crippen LogP contribution >= 0.6 is 11.6 Å². The maximum atomic E-state index is 12.4. The second kappa shape index (κ2) is 5.35. The monoisotopic (exact) mass is 282 g/mol. The molecule has 1 aromatic rings. The molecule has 1 aliphatic heterocycles. The second-order valence-corrected chi connectivity index (χ2v) is 6.03. The van der Waals surface area contributed by atoms with Crippen LogP contribution in [0, 0.1) is 5.41 Å². The van der Waals surface area contributed by atoms with Crippen LogP contribution in [0.4, 0.5) is 5.82 Å². The lowest BCUT2D eigenvalue weighted by atomic mass is 9.82. The summed E-state index contributed by atoms with van der Waals surface area (Å²) in [7, 11) is 0. The number of likely N-dealkylation sites (tertiary alicyclic amines) is 1. The molecule has 1 saturated heterocycles. The number of carbonyl (C=O) groups excluding carboxylic acids is 1. The van der Waals surface area contributed by atoms with Gasteiger partial charge in [-0.1, -0.05) is 25.4 Å². The first kappa shape index (κ1) is 14.1. The van der Waals surface area contributed by atoms with Crippen LogP contribution in [0.2, 0.25) is 5.02 Å². The maximum Gasteiger partial charge on any atom is 0.274 e. The molecule has 5 nitrogen and oxygen atoms in total. The van der Waals surface area contributed by atoms with Gasteiger partial charge in [0.15, 0.2) is 0 Å². The minimum absolute atomic E-state index is 0.127. The molecule has 3 N–H and O–H groups in total. The first-order chi connectivity index (χ1) is 8.93. The minimum Gasteiger partial charge on any atom is -0.337 e. The number of rotatable bonds is 2. The summed E-state index contributed by atoms with van der Waals surface area (Å²) in [6.45, 7) is 5.92. The molecule has 0 aromatic carbocycles. The van der Waals surface area contributed by atoms with Crippen molar-refractivity contribution < 1.29 is 4.79 Å². The number of anilines is 1. The van der Waals surface area contributed by atoms with Crippen LogP contribution in [0.15, 0.2) is 12.1 Å². The Bertz CT molecular complexity index is 480. The Labute approximate surface area is 118 Å². The SMILES string of the molecule is CC1(C)CCN(C(=O)c2nc(NN)ccc2Cl)CC1. The molecule has 0 unspecified atom stereocenters. The van der Waals surface area contributed by atoms with Gasteiger partial charge in [-0.15, -0.1) is 0 Å². The van der Waals surface area contributed by atoms with Gasteiger partial charge < -0.3 is 10.3 Å². The largest absolute Gasteiger partial charge is 0.337 e. The van der Waals surface area contributed by atoms with Crippen molar-refractivity contribution in [1.82, 2.24) is 9.88 Å². The molecular weight excluding hydrogens is 264 g/mol. The summed E-state index contributed by atoms with van der Waals surface area (Å²) in [5, 5.41) is 0.355. The zero-order chi connectivity index (χ0) is 14.0. The number of nitrogens with one attached hydrogen (secondary N) is 1. The van der Waals surface area contributed by atoms with Gasteiger partial charge in [0.2, 0.25) is 0 Å². The van der Waals surface area contributed by atoms with Gasteiger partial charge in [-0.25, -0.2) is 10.8 Å². The van der Waals surface area contributed by atoms with E-state index >= 15 is 0 Å². The predicted molar refractivity (Wildman–Crippen MR) is 76.0 cm³/mol. The lowest BCUT2D eigenvalue weighted by Gasteiger charge is -2.36. The van der Waals surface area contributed by atoms with Crippen molar-refractivity contribution in [2.75, 3.05) is 18.5 Å². The molecule has 1 aromatic heterocycles. The van der Waals surface area contributed by atoms with Crippen molar-refractivity contribution in [2.45, 2.75) is 26.7 Å². The van der Waals surface area contributed by atoms with Crippen molar-refractivity contribution in [3.63, 3.8) is 0 Å². The van der Waals surface area contributed by atoms with Gasteiger partial charge in [0.1, 0.15) is 11.5 Å². The Morgan fingerprint density at radius 3 is 2.63 bits per heavy atom. The molecule has 19 heavy (non-hydrogen) atoms. The molecule has 1 aliphatic rings. The molecular formula is C13H19ClN4O. The Morgan fingerprint density at radius 2 is 2.05 bits per heavy atom. The summed E-state index contributed by atoms with van der Waals surface area (Å²) in [6.07, 6.45) is 1.98. The van der Waals surface area contributed by atoms with E-state index in [1.54, 1.807) is 17.0 Å². The topological polar surface area (TPSA) is 71.2 Å². The average Bonchev–Trinajstić information content (AvgIpc) is 2.38. The number of piperidine rings is 1. The summed E-state index contributed by atoms with van der Waals surface area (Å²) >= 11 is 6.04. The molecule has 0 aliphatic carbocycles. The highest BCUT2D eigenvalue weighted by molar-refractivity contribution is 6.33. The van der Waals surface area contributed by atoms with E-state index in [2.05, 4.69) is 24.3 Å². The normalized spacial score (nSPS) is 18.2. The maximum absolute atomic E-state index is 12.4. The molecule has 1 fully saturated rings. The molecule has 0 radical (unpaired) electrons. The standard InChI is InChI=1S/C13H19ClN4O/c1-13(2)5-7-18(8-6-13)12(19)11-9(14)3-4-10(16-11)17-15/h3-4H,5-8,15H2,1-2H3,(H,16,17). The highest BCUT2D eigenvalue weighted by atomic mass is 35.5. The van der Waals surface area contributed by atoms with E-state index in [4.69, 9.17) is 17.4 Å². The molecule has 0 spiro atoms. The molecule has 2 rings (SSSR count). The highest BCUT2D eigenvalue weighted by Crippen LogP contribution is 2.30. The third-order valence-corrected chi connectivity index (χ3v) is 3.91. The van der Waals surface area contributed by atoms with E-state index in [0.717, 1.165) is 25.9 Å². The molecule has 2 heterocycles. The third-order valence-electron chi connectivity index (χ3n) is 3.60. The van der Waals surface area contributed by atoms with E-state index in [1.165, 1.54) is 0 Å². The van der Waals surface area contributed by atoms with Crippen LogP contribution in [-0.2, 0) is 0 Å². The molecule has 0 atom stereocenters. The first-order valence-electron chi connectivity index (χ1n) is 6.35. The van der Waals surface area contributed by atoms with Gasteiger partial charge in [0.25, 0.3) is 5.91 Å². The fraction of sp³-hybridized carbons (Fsp3) is 0.538. The number of amides is 1. The van der Waals surface area contributed by atoms with E-state index in [0.29, 0.717) is 16.3 Å². The van der Waals surface area contributed by atoms with Gasteiger partial charge >= 0.3 is 0 Å². The van der Waals surface area contributed by atoms with Gasteiger partial charge in [0.05, 0.1) is 5.02 Å². The predicted octanol–water partition coefficient (Wildman–Crippen LogP) is 2.28. The minimum atomic E-state index is -0.127. The van der Waals surface area contributed by atoms with E-state index in [1.807, 2.05) is 0 Å². The van der Waals surface area contributed by atoms with Gasteiger partial charge in [0, 0.05) is 13.1 Å². The van der Waals surface area contributed by atoms with Gasteiger partial charge in [-0.05, 0) is 30.4 Å². The number of hydrazine groups is 1. The number of aromatic nitrogens is 1. The number of halogens is 1.